The van der Waals surface area contributed by atoms with Crippen molar-refractivity contribution in [3.05, 3.63) is 26.7 Å². The Balaban J connectivity index is 2.47. The molecule has 0 atom stereocenters. The zero-order valence-electron chi connectivity index (χ0n) is 9.03. The van der Waals surface area contributed by atoms with Gasteiger partial charge in [-0.25, -0.2) is 0 Å². The molecule has 0 saturated carbocycles. The van der Waals surface area contributed by atoms with E-state index in [2.05, 4.69) is 28.2 Å². The van der Waals surface area contributed by atoms with Crippen LogP contribution >= 0.6 is 39.1 Å². The normalized spacial score (nSPS) is 10.5. The van der Waals surface area contributed by atoms with E-state index in [1.807, 2.05) is 12.1 Å². The summed E-state index contributed by atoms with van der Waals surface area (Å²) in [4.78, 5) is 0. The van der Waals surface area contributed by atoms with Crippen molar-refractivity contribution >= 4 is 44.8 Å². The molecule has 1 aromatic carbocycles. The Morgan fingerprint density at radius 2 is 1.88 bits per heavy atom. The van der Waals surface area contributed by atoms with Crippen molar-refractivity contribution in [1.29, 1.82) is 0 Å². The van der Waals surface area contributed by atoms with Crippen molar-refractivity contribution in [2.24, 2.45) is 0 Å². The molecule has 0 aliphatic rings. The van der Waals surface area contributed by atoms with Gasteiger partial charge in [-0.15, -0.1) is 0 Å². The molecule has 16 heavy (non-hydrogen) atoms. The third kappa shape index (κ3) is 4.50. The van der Waals surface area contributed by atoms with E-state index >= 15 is 0 Å². The molecule has 0 saturated heterocycles. The summed E-state index contributed by atoms with van der Waals surface area (Å²) in [5.74, 6) is 0. The second-order valence-corrected chi connectivity index (χ2v) is 5.01. The molecule has 0 radical (unpaired) electrons. The second kappa shape index (κ2) is 7.38. The van der Waals surface area contributed by atoms with Crippen LogP contribution in [0.2, 0.25) is 10.0 Å². The zero-order valence-corrected chi connectivity index (χ0v) is 12.1. The zero-order chi connectivity index (χ0) is 12.0. The molecule has 90 valence electrons. The molecule has 0 aliphatic carbocycles. The summed E-state index contributed by atoms with van der Waals surface area (Å²) >= 11 is 15.4. The minimum Gasteiger partial charge on any atom is -0.380 e. The Kier molecular flexibility index (Phi) is 6.51. The van der Waals surface area contributed by atoms with E-state index in [1.54, 1.807) is 0 Å². The number of benzene rings is 1. The molecular formula is C11H14BrCl2NO. The first-order valence-electron chi connectivity index (χ1n) is 5.11. The summed E-state index contributed by atoms with van der Waals surface area (Å²) in [5, 5.41) is 4.37. The lowest BCUT2D eigenvalue weighted by Gasteiger charge is -2.11. The van der Waals surface area contributed by atoms with Crippen LogP contribution in [0.3, 0.4) is 0 Å². The predicted octanol–water partition coefficient (Wildman–Crippen LogP) is 4.59. The Bertz CT molecular complexity index is 324. The number of nitrogens with one attached hydrogen (secondary N) is 1. The van der Waals surface area contributed by atoms with Gasteiger partial charge in [0.15, 0.2) is 0 Å². The van der Waals surface area contributed by atoms with E-state index in [0.717, 1.165) is 23.2 Å². The highest BCUT2D eigenvalue weighted by atomic mass is 79.9. The molecule has 0 unspecified atom stereocenters. The number of anilines is 1. The van der Waals surface area contributed by atoms with E-state index in [9.17, 15) is 0 Å². The molecule has 1 N–H and O–H groups in total. The third-order valence-electron chi connectivity index (χ3n) is 1.90. The fourth-order valence-corrected chi connectivity index (χ4v) is 2.55. The molecule has 0 aliphatic heterocycles. The molecule has 1 aromatic rings. The van der Waals surface area contributed by atoms with Gasteiger partial charge in [0, 0.05) is 17.6 Å². The maximum absolute atomic E-state index is 6.06. The maximum Gasteiger partial charge on any atom is 0.0720 e. The number of rotatable bonds is 6. The van der Waals surface area contributed by atoms with E-state index in [0.29, 0.717) is 23.2 Å². The van der Waals surface area contributed by atoms with Crippen molar-refractivity contribution in [3.8, 4) is 0 Å². The lowest BCUT2D eigenvalue weighted by Crippen LogP contribution is -2.10. The minimum atomic E-state index is 0.606. The van der Waals surface area contributed by atoms with Crippen LogP contribution in [0, 0.1) is 0 Å². The quantitative estimate of drug-likeness (QED) is 0.772. The van der Waals surface area contributed by atoms with Crippen LogP contribution in [-0.4, -0.2) is 19.8 Å². The van der Waals surface area contributed by atoms with Crippen LogP contribution in [0.25, 0.3) is 0 Å². The fourth-order valence-electron chi connectivity index (χ4n) is 1.21. The third-order valence-corrected chi connectivity index (χ3v) is 2.96. The van der Waals surface area contributed by atoms with Gasteiger partial charge in [0.1, 0.15) is 0 Å². The summed E-state index contributed by atoms with van der Waals surface area (Å²) in [6.45, 7) is 4.21. The van der Waals surface area contributed by atoms with Gasteiger partial charge in [-0.2, -0.15) is 0 Å². The van der Waals surface area contributed by atoms with Crippen molar-refractivity contribution in [2.45, 2.75) is 13.3 Å². The summed E-state index contributed by atoms with van der Waals surface area (Å²) in [6.07, 6.45) is 1.03. The standard InChI is InChI=1S/C11H14BrCl2NO/c1-2-4-16-5-3-15-11-9(13)6-8(12)7-10(11)14/h6-7,15H,2-5H2,1H3. The van der Waals surface area contributed by atoms with Gasteiger partial charge >= 0.3 is 0 Å². The molecule has 0 amide bonds. The summed E-state index contributed by atoms with van der Waals surface area (Å²) in [7, 11) is 0. The lowest BCUT2D eigenvalue weighted by molar-refractivity contribution is 0.144. The Labute approximate surface area is 114 Å². The van der Waals surface area contributed by atoms with Gasteiger partial charge in [-0.3, -0.25) is 0 Å². The van der Waals surface area contributed by atoms with Crippen molar-refractivity contribution < 1.29 is 4.74 Å². The number of ether oxygens (including phenoxy) is 1. The molecule has 2 nitrogen and oxygen atoms in total. The predicted molar refractivity (Wildman–Crippen MR) is 73.8 cm³/mol. The van der Waals surface area contributed by atoms with Crippen LogP contribution in [-0.2, 0) is 4.74 Å². The van der Waals surface area contributed by atoms with Gasteiger partial charge in [0.05, 0.1) is 22.3 Å². The van der Waals surface area contributed by atoms with E-state index in [1.165, 1.54) is 0 Å². The Morgan fingerprint density at radius 3 is 2.44 bits per heavy atom. The highest BCUT2D eigenvalue weighted by molar-refractivity contribution is 9.10. The molecule has 0 bridgehead atoms. The Morgan fingerprint density at radius 1 is 1.25 bits per heavy atom. The monoisotopic (exact) mass is 325 g/mol. The van der Waals surface area contributed by atoms with Crippen molar-refractivity contribution in [1.82, 2.24) is 0 Å². The summed E-state index contributed by atoms with van der Waals surface area (Å²) in [6, 6.07) is 3.62. The van der Waals surface area contributed by atoms with Crippen LogP contribution < -0.4 is 5.32 Å². The van der Waals surface area contributed by atoms with Crippen LogP contribution in [0.4, 0.5) is 5.69 Å². The van der Waals surface area contributed by atoms with Gasteiger partial charge in [0.25, 0.3) is 0 Å². The molecule has 0 heterocycles. The fraction of sp³-hybridized carbons (Fsp3) is 0.455. The first-order chi connectivity index (χ1) is 7.65. The minimum absolute atomic E-state index is 0.606. The van der Waals surface area contributed by atoms with Gasteiger partial charge < -0.3 is 10.1 Å². The average Bonchev–Trinajstić information content (AvgIpc) is 2.20. The SMILES string of the molecule is CCCOCCNc1c(Cl)cc(Br)cc1Cl. The topological polar surface area (TPSA) is 21.3 Å². The molecule has 0 fully saturated rings. The molecule has 1 rings (SSSR count). The molecule has 0 spiro atoms. The highest BCUT2D eigenvalue weighted by Crippen LogP contribution is 2.33. The van der Waals surface area contributed by atoms with Crippen LogP contribution in [0.1, 0.15) is 13.3 Å². The first kappa shape index (κ1) is 14.1. The molecule has 5 heteroatoms. The molecular weight excluding hydrogens is 313 g/mol. The van der Waals surface area contributed by atoms with E-state index in [-0.39, 0.29) is 0 Å². The summed E-state index contributed by atoms with van der Waals surface area (Å²) < 4.78 is 6.22. The van der Waals surface area contributed by atoms with Crippen LogP contribution in [0.5, 0.6) is 0 Å². The van der Waals surface area contributed by atoms with Gasteiger partial charge in [-0.05, 0) is 18.6 Å². The van der Waals surface area contributed by atoms with Crippen molar-refractivity contribution in [3.63, 3.8) is 0 Å². The first-order valence-corrected chi connectivity index (χ1v) is 6.66. The second-order valence-electron chi connectivity index (χ2n) is 3.28. The Hall–Kier alpha value is 0.0400. The number of halogens is 3. The molecule has 0 aromatic heterocycles. The maximum atomic E-state index is 6.06. The van der Waals surface area contributed by atoms with E-state index in [4.69, 9.17) is 27.9 Å². The number of hydrogen-bond acceptors (Lipinski definition) is 2. The van der Waals surface area contributed by atoms with Gasteiger partial charge in [0.2, 0.25) is 0 Å². The smallest absolute Gasteiger partial charge is 0.0720 e. The average molecular weight is 327 g/mol. The van der Waals surface area contributed by atoms with Crippen LogP contribution in [0.15, 0.2) is 16.6 Å². The lowest BCUT2D eigenvalue weighted by atomic mass is 10.3. The highest BCUT2D eigenvalue weighted by Gasteiger charge is 2.06. The van der Waals surface area contributed by atoms with E-state index < -0.39 is 0 Å². The van der Waals surface area contributed by atoms with Crippen molar-refractivity contribution in [2.75, 3.05) is 25.1 Å². The van der Waals surface area contributed by atoms with Gasteiger partial charge in [-0.1, -0.05) is 46.1 Å². The number of hydrogen-bond donors (Lipinski definition) is 1. The summed E-state index contributed by atoms with van der Waals surface area (Å²) in [5.41, 5.74) is 0.756. The largest absolute Gasteiger partial charge is 0.380 e.